The van der Waals surface area contributed by atoms with Crippen molar-refractivity contribution in [2.24, 2.45) is 0 Å². The standard InChI is InChI=1S/C10H13N5O4.3H2O.W/c11-8-5-9(13-2-12-8)15(3-14-5)10-7(18)6(17)4(1-16)19-10;;;;/h2-4,6-7,10,16-18H,1H2,(H2,11,12,13);3*1H2;/q;;;;+2/p-2/t4-,6-,7+,10+;;;;/m0..../s1. The molecule has 9 N–H and O–H groups in total. The van der Waals surface area contributed by atoms with Crippen molar-refractivity contribution in [2.75, 3.05) is 12.3 Å². The molecule has 0 aromatic carbocycles. The van der Waals surface area contributed by atoms with Gasteiger partial charge in [-0.25, -0.2) is 15.0 Å². The van der Waals surface area contributed by atoms with Crippen molar-refractivity contribution < 1.29 is 57.6 Å². The zero-order valence-corrected chi connectivity index (χ0v) is 14.5. The third kappa shape index (κ3) is 3.81. The quantitative estimate of drug-likeness (QED) is 0.321. The largest absolute Gasteiger partial charge is 2.00 e. The summed E-state index contributed by atoms with van der Waals surface area (Å²) in [6, 6.07) is 0. The molecule has 0 unspecified atom stereocenters. The Kier molecular flexibility index (Phi) is 9.56. The second kappa shape index (κ2) is 9.15. The second-order valence-corrected chi connectivity index (χ2v) is 4.31. The molecule has 0 aliphatic carbocycles. The van der Waals surface area contributed by atoms with Gasteiger partial charge in [-0.05, 0) is 0 Å². The number of aliphatic hydroxyl groups is 3. The van der Waals surface area contributed by atoms with E-state index in [0.29, 0.717) is 11.2 Å². The van der Waals surface area contributed by atoms with Crippen molar-refractivity contribution in [3.63, 3.8) is 0 Å². The fourth-order valence-electron chi connectivity index (χ4n) is 2.17. The van der Waals surface area contributed by atoms with Crippen LogP contribution in [0.4, 0.5) is 5.82 Å². The molecule has 130 valence electrons. The number of fused-ring (bicyclic) bond motifs is 1. The number of aromatic nitrogens is 4. The Labute approximate surface area is 144 Å². The van der Waals surface area contributed by atoms with E-state index in [1.54, 1.807) is 0 Å². The molecular formula is C10H17N5O7W. The maximum atomic E-state index is 9.95. The first-order valence-corrected chi connectivity index (χ1v) is 5.69. The number of nitrogen functional groups attached to an aromatic ring is 1. The van der Waals surface area contributed by atoms with E-state index in [1.165, 1.54) is 17.2 Å². The summed E-state index contributed by atoms with van der Waals surface area (Å²) < 4.78 is 6.85. The molecule has 4 atom stereocenters. The zero-order chi connectivity index (χ0) is 13.6. The van der Waals surface area contributed by atoms with Gasteiger partial charge in [0, 0.05) is 0 Å². The van der Waals surface area contributed by atoms with E-state index in [0.717, 1.165) is 0 Å². The van der Waals surface area contributed by atoms with Crippen LogP contribution in [0.25, 0.3) is 11.2 Å². The van der Waals surface area contributed by atoms with E-state index in [2.05, 4.69) is 15.0 Å². The van der Waals surface area contributed by atoms with Gasteiger partial charge in [-0.3, -0.25) is 4.57 Å². The maximum Gasteiger partial charge on any atom is 2.00 e. The molecule has 1 aliphatic heterocycles. The Hall–Kier alpha value is -1.24. The van der Waals surface area contributed by atoms with Crippen LogP contribution >= 0.6 is 0 Å². The minimum atomic E-state index is -1.19. The molecule has 3 rings (SSSR count). The molecule has 0 saturated carbocycles. The molecule has 2 aromatic rings. The van der Waals surface area contributed by atoms with E-state index in [1.807, 2.05) is 0 Å². The summed E-state index contributed by atoms with van der Waals surface area (Å²) in [5.41, 5.74) is 6.44. The average molecular weight is 503 g/mol. The summed E-state index contributed by atoms with van der Waals surface area (Å²) in [4.78, 5) is 11.9. The van der Waals surface area contributed by atoms with E-state index in [-0.39, 0.29) is 43.3 Å². The number of ether oxygens (including phenoxy) is 1. The van der Waals surface area contributed by atoms with Crippen molar-refractivity contribution in [2.45, 2.75) is 24.5 Å². The average Bonchev–Trinajstić information content (AvgIpc) is 2.94. The monoisotopic (exact) mass is 503 g/mol. The van der Waals surface area contributed by atoms with Crippen LogP contribution in [0, 0.1) is 0 Å². The molecule has 0 spiro atoms. The molecule has 2 aromatic heterocycles. The van der Waals surface area contributed by atoms with Crippen LogP contribution in [0.15, 0.2) is 12.7 Å². The third-order valence-electron chi connectivity index (χ3n) is 3.18. The molecule has 1 saturated heterocycles. The summed E-state index contributed by atoms with van der Waals surface area (Å²) in [7, 11) is 0. The first-order valence-electron chi connectivity index (χ1n) is 5.69. The van der Waals surface area contributed by atoms with Crippen molar-refractivity contribution in [3.8, 4) is 0 Å². The van der Waals surface area contributed by atoms with Crippen LogP contribution in [-0.4, -0.2) is 76.2 Å². The molecule has 0 amide bonds. The van der Waals surface area contributed by atoms with E-state index in [9.17, 15) is 10.2 Å². The number of imidazole rings is 1. The molecule has 0 radical (unpaired) electrons. The molecule has 3 heterocycles. The number of aliphatic hydroxyl groups excluding tert-OH is 3. The van der Waals surface area contributed by atoms with E-state index >= 15 is 0 Å². The van der Waals surface area contributed by atoms with Crippen LogP contribution in [0.2, 0.25) is 0 Å². The Balaban J connectivity index is 0. The van der Waals surface area contributed by atoms with Crippen molar-refractivity contribution in [3.05, 3.63) is 12.7 Å². The summed E-state index contributed by atoms with van der Waals surface area (Å²) in [5, 5.41) is 28.7. The van der Waals surface area contributed by atoms with Gasteiger partial charge in [0.15, 0.2) is 17.7 Å². The van der Waals surface area contributed by atoms with Crippen LogP contribution < -0.4 is 5.73 Å². The Morgan fingerprint density at radius 3 is 2.39 bits per heavy atom. The normalized spacial score (nSPS) is 25.7. The van der Waals surface area contributed by atoms with Crippen LogP contribution in [0.5, 0.6) is 0 Å². The molecule has 23 heavy (non-hydrogen) atoms. The summed E-state index contributed by atoms with van der Waals surface area (Å²) in [6.07, 6.45) is -1.42. The number of rotatable bonds is 2. The van der Waals surface area contributed by atoms with Crippen LogP contribution in [0.1, 0.15) is 6.23 Å². The van der Waals surface area contributed by atoms with Gasteiger partial charge in [0.05, 0.1) is 12.9 Å². The SMILES string of the molecule is Nc1ncnc2c1ncn2[C@@H]1O[C@@H](CO)[C@H](O)[C@H]1O.O.[OH-].[OH-].[W+2]. The fraction of sp³-hybridized carbons (Fsp3) is 0.500. The van der Waals surface area contributed by atoms with E-state index in [4.69, 9.17) is 15.6 Å². The topological polar surface area (TPSA) is 231 Å². The van der Waals surface area contributed by atoms with E-state index < -0.39 is 31.1 Å². The Morgan fingerprint density at radius 2 is 1.83 bits per heavy atom. The number of nitrogens with zero attached hydrogens (tertiary/aromatic N) is 4. The van der Waals surface area contributed by atoms with Gasteiger partial charge in [-0.2, -0.15) is 0 Å². The Bertz CT molecular complexity index is 614. The van der Waals surface area contributed by atoms with Gasteiger partial charge in [-0.1, -0.05) is 0 Å². The van der Waals surface area contributed by atoms with Gasteiger partial charge in [0.25, 0.3) is 0 Å². The van der Waals surface area contributed by atoms with Gasteiger partial charge >= 0.3 is 21.1 Å². The van der Waals surface area contributed by atoms with Gasteiger partial charge in [0.2, 0.25) is 0 Å². The smallest absolute Gasteiger partial charge is 0.870 e. The third-order valence-corrected chi connectivity index (χ3v) is 3.18. The summed E-state index contributed by atoms with van der Waals surface area (Å²) in [6.45, 7) is -0.390. The van der Waals surface area contributed by atoms with Gasteiger partial charge < -0.3 is 42.2 Å². The molecular weight excluding hydrogens is 486 g/mol. The molecule has 0 bridgehead atoms. The predicted octanol–water partition coefficient (Wildman–Crippen LogP) is -3.16. The molecule has 1 aliphatic rings. The fourth-order valence-corrected chi connectivity index (χ4v) is 2.17. The van der Waals surface area contributed by atoms with Gasteiger partial charge in [-0.15, -0.1) is 0 Å². The first-order chi connectivity index (χ1) is 9.13. The number of hydrogen-bond acceptors (Lipinski definition) is 10. The zero-order valence-electron chi connectivity index (χ0n) is 11.6. The Morgan fingerprint density at radius 1 is 1.17 bits per heavy atom. The summed E-state index contributed by atoms with van der Waals surface area (Å²) >= 11 is 0. The van der Waals surface area contributed by atoms with Crippen molar-refractivity contribution in [1.29, 1.82) is 0 Å². The van der Waals surface area contributed by atoms with Crippen LogP contribution in [-0.2, 0) is 25.8 Å². The number of hydrogen-bond donors (Lipinski definition) is 4. The molecule has 1 fully saturated rings. The van der Waals surface area contributed by atoms with Crippen molar-refractivity contribution in [1.82, 2.24) is 19.5 Å². The van der Waals surface area contributed by atoms with Crippen molar-refractivity contribution >= 4 is 17.0 Å². The molecule has 12 nitrogen and oxygen atoms in total. The minimum absolute atomic E-state index is 0. The minimum Gasteiger partial charge on any atom is -0.870 e. The summed E-state index contributed by atoms with van der Waals surface area (Å²) in [5.74, 6) is 0.218. The maximum absolute atomic E-state index is 9.95. The number of anilines is 1. The first kappa shape index (κ1) is 24.0. The predicted molar refractivity (Wildman–Crippen MR) is 70.2 cm³/mol. The number of nitrogens with two attached hydrogens (primary N) is 1. The molecule has 13 heteroatoms. The second-order valence-electron chi connectivity index (χ2n) is 4.31. The van der Waals surface area contributed by atoms with Gasteiger partial charge in [0.1, 0.15) is 30.2 Å². The van der Waals surface area contributed by atoms with Crippen LogP contribution in [0.3, 0.4) is 0 Å².